The van der Waals surface area contributed by atoms with Gasteiger partial charge in [-0.2, -0.15) is 5.10 Å². The van der Waals surface area contributed by atoms with Gasteiger partial charge in [0.1, 0.15) is 23.7 Å². The van der Waals surface area contributed by atoms with E-state index in [1.54, 1.807) is 12.3 Å². The van der Waals surface area contributed by atoms with E-state index in [4.69, 9.17) is 4.74 Å². The van der Waals surface area contributed by atoms with Crippen molar-refractivity contribution in [2.24, 2.45) is 0 Å². The molecule has 4 heterocycles. The fourth-order valence-electron chi connectivity index (χ4n) is 5.26. The Morgan fingerprint density at radius 3 is 2.69 bits per heavy atom. The van der Waals surface area contributed by atoms with Crippen LogP contribution in [0.3, 0.4) is 0 Å². The number of aromatic amines is 1. The molecule has 1 unspecified atom stereocenters. The third-order valence-corrected chi connectivity index (χ3v) is 7.19. The summed E-state index contributed by atoms with van der Waals surface area (Å²) in [6.45, 7) is 4.01. The lowest BCUT2D eigenvalue weighted by Gasteiger charge is -2.36. The van der Waals surface area contributed by atoms with Crippen LogP contribution in [0.1, 0.15) is 54.6 Å². The highest BCUT2D eigenvalue weighted by Crippen LogP contribution is 2.24. The van der Waals surface area contributed by atoms with Crippen LogP contribution in [0.15, 0.2) is 54.7 Å². The van der Waals surface area contributed by atoms with E-state index < -0.39 is 0 Å². The minimum atomic E-state index is -0.0443. The third-order valence-electron chi connectivity index (χ3n) is 7.19. The Kier molecular flexibility index (Phi) is 7.73. The summed E-state index contributed by atoms with van der Waals surface area (Å²) in [6, 6.07) is 16.6. The summed E-state index contributed by atoms with van der Waals surface area (Å²) in [5.41, 5.74) is 3.24. The van der Waals surface area contributed by atoms with Crippen LogP contribution in [-0.4, -0.2) is 69.7 Å². The second-order valence-corrected chi connectivity index (χ2v) is 9.60. The van der Waals surface area contributed by atoms with Gasteiger partial charge in [0.2, 0.25) is 0 Å². The van der Waals surface area contributed by atoms with Crippen molar-refractivity contribution in [3.63, 3.8) is 0 Å². The van der Waals surface area contributed by atoms with Crippen molar-refractivity contribution < 1.29 is 9.53 Å². The Balaban J connectivity index is 1.30. The van der Waals surface area contributed by atoms with E-state index in [-0.39, 0.29) is 5.91 Å². The molecular formula is C28H35N5O2. The van der Waals surface area contributed by atoms with Gasteiger partial charge in [0, 0.05) is 18.8 Å². The number of hydrogen-bond donors (Lipinski definition) is 1. The maximum Gasteiger partial charge on any atom is 0.271 e. The smallest absolute Gasteiger partial charge is 0.271 e. The van der Waals surface area contributed by atoms with Gasteiger partial charge in [0.15, 0.2) is 0 Å². The zero-order chi connectivity index (χ0) is 23.9. The number of benzene rings is 1. The summed E-state index contributed by atoms with van der Waals surface area (Å²) >= 11 is 0. The number of rotatable bonds is 2. The van der Waals surface area contributed by atoms with E-state index in [0.29, 0.717) is 37.1 Å². The maximum atomic E-state index is 13.4. The van der Waals surface area contributed by atoms with Gasteiger partial charge in [0.25, 0.3) is 5.91 Å². The normalized spacial score (nSPS) is 20.2. The van der Waals surface area contributed by atoms with E-state index in [1.165, 1.54) is 37.8 Å². The number of nitrogens with zero attached hydrogens (tertiary/aromatic N) is 4. The van der Waals surface area contributed by atoms with E-state index in [2.05, 4.69) is 38.3 Å². The van der Waals surface area contributed by atoms with Crippen molar-refractivity contribution in [1.82, 2.24) is 25.0 Å². The van der Waals surface area contributed by atoms with Crippen molar-refractivity contribution in [1.29, 1.82) is 0 Å². The molecule has 0 aliphatic carbocycles. The standard InChI is InChI=1S/C28H35N5O2/c34-28(27-21-26(30-31-27)25-11-1-3-14-29-25)33-17-6-5-16-32-15-4-2-9-23(32)13-12-22-8-7-10-24(20-22)35-19-18-33/h1,3,7-8,10-11,14,20-21,23H,2,4-6,9,12-13,15-19H2,(H,30,31). The predicted octanol–water partition coefficient (Wildman–Crippen LogP) is 4.57. The van der Waals surface area contributed by atoms with Gasteiger partial charge in [-0.05, 0) is 87.5 Å². The number of carbonyl (C=O) groups excluding carboxylic acids is 1. The summed E-state index contributed by atoms with van der Waals surface area (Å²) in [7, 11) is 0. The average Bonchev–Trinajstić information content (AvgIpc) is 3.40. The van der Waals surface area contributed by atoms with Gasteiger partial charge in [-0.15, -0.1) is 0 Å². The Bertz CT molecular complexity index is 1100. The second kappa shape index (κ2) is 11.5. The maximum absolute atomic E-state index is 13.4. The van der Waals surface area contributed by atoms with Crippen molar-refractivity contribution in [2.75, 3.05) is 32.8 Å². The molecule has 1 aromatic carbocycles. The van der Waals surface area contributed by atoms with Crippen molar-refractivity contribution in [2.45, 2.75) is 51.0 Å². The monoisotopic (exact) mass is 473 g/mol. The van der Waals surface area contributed by atoms with Gasteiger partial charge in [-0.1, -0.05) is 24.6 Å². The molecule has 2 aromatic heterocycles. The Morgan fingerprint density at radius 2 is 1.80 bits per heavy atom. The number of pyridine rings is 1. The number of nitrogens with one attached hydrogen (secondary N) is 1. The lowest BCUT2D eigenvalue weighted by Crippen LogP contribution is -2.41. The quantitative estimate of drug-likeness (QED) is 0.590. The van der Waals surface area contributed by atoms with Crippen LogP contribution < -0.4 is 4.74 Å². The van der Waals surface area contributed by atoms with Crippen molar-refractivity contribution in [3.8, 4) is 17.1 Å². The highest BCUT2D eigenvalue weighted by molar-refractivity contribution is 5.93. The number of fused-ring (bicyclic) bond motifs is 3. The molecule has 5 rings (SSSR count). The summed E-state index contributed by atoms with van der Waals surface area (Å²) in [5.74, 6) is 0.835. The van der Waals surface area contributed by atoms with Crippen LogP contribution in [0, 0.1) is 0 Å². The Hall–Kier alpha value is -3.19. The molecule has 2 aliphatic heterocycles. The molecule has 2 aliphatic rings. The number of piperidine rings is 1. The largest absolute Gasteiger partial charge is 0.492 e. The first-order chi connectivity index (χ1) is 17.3. The minimum absolute atomic E-state index is 0.0443. The molecule has 1 atom stereocenters. The molecule has 7 nitrogen and oxygen atoms in total. The van der Waals surface area contributed by atoms with E-state index in [9.17, 15) is 4.79 Å². The highest BCUT2D eigenvalue weighted by Gasteiger charge is 2.23. The Labute approximate surface area is 207 Å². The number of aryl methyl sites for hydroxylation is 1. The molecule has 1 N–H and O–H groups in total. The van der Waals surface area contributed by atoms with E-state index in [1.807, 2.05) is 29.2 Å². The molecule has 0 saturated carbocycles. The van der Waals surface area contributed by atoms with E-state index >= 15 is 0 Å². The van der Waals surface area contributed by atoms with Crippen molar-refractivity contribution in [3.05, 3.63) is 66.0 Å². The Morgan fingerprint density at radius 1 is 0.914 bits per heavy atom. The van der Waals surface area contributed by atoms with Gasteiger partial charge < -0.3 is 14.5 Å². The van der Waals surface area contributed by atoms with Crippen LogP contribution in [-0.2, 0) is 6.42 Å². The molecule has 184 valence electrons. The predicted molar refractivity (Wildman–Crippen MR) is 136 cm³/mol. The number of carbonyl (C=O) groups is 1. The number of hydrogen-bond acceptors (Lipinski definition) is 5. The first-order valence-corrected chi connectivity index (χ1v) is 13.0. The summed E-state index contributed by atoms with van der Waals surface area (Å²) in [4.78, 5) is 22.3. The van der Waals surface area contributed by atoms with E-state index in [0.717, 1.165) is 37.3 Å². The van der Waals surface area contributed by atoms with Gasteiger partial charge in [0.05, 0.1) is 12.2 Å². The molecule has 7 heteroatoms. The molecular weight excluding hydrogens is 438 g/mol. The van der Waals surface area contributed by atoms with Crippen LogP contribution >= 0.6 is 0 Å². The molecule has 1 amide bonds. The topological polar surface area (TPSA) is 74.4 Å². The average molecular weight is 474 g/mol. The number of amides is 1. The van der Waals surface area contributed by atoms with Gasteiger partial charge in [-0.3, -0.25) is 14.9 Å². The highest BCUT2D eigenvalue weighted by atomic mass is 16.5. The first kappa shape index (κ1) is 23.5. The van der Waals surface area contributed by atoms with Gasteiger partial charge in [-0.25, -0.2) is 0 Å². The lowest BCUT2D eigenvalue weighted by atomic mass is 9.95. The fraction of sp³-hybridized carbons (Fsp3) is 0.464. The summed E-state index contributed by atoms with van der Waals surface area (Å²) in [6.07, 6.45) is 10.0. The molecule has 0 radical (unpaired) electrons. The van der Waals surface area contributed by atoms with Crippen LogP contribution in [0.4, 0.5) is 0 Å². The molecule has 1 saturated heterocycles. The summed E-state index contributed by atoms with van der Waals surface area (Å²) < 4.78 is 6.08. The second-order valence-electron chi connectivity index (χ2n) is 9.60. The van der Waals surface area contributed by atoms with Crippen LogP contribution in [0.5, 0.6) is 5.75 Å². The van der Waals surface area contributed by atoms with Crippen LogP contribution in [0.2, 0.25) is 0 Å². The molecule has 1 fully saturated rings. The molecule has 0 spiro atoms. The zero-order valence-electron chi connectivity index (χ0n) is 20.4. The lowest BCUT2D eigenvalue weighted by molar-refractivity contribution is 0.0716. The number of ether oxygens (including phenoxy) is 1. The summed E-state index contributed by atoms with van der Waals surface area (Å²) in [5, 5.41) is 7.25. The van der Waals surface area contributed by atoms with Gasteiger partial charge >= 0.3 is 0 Å². The molecule has 2 bridgehead atoms. The molecule has 3 aromatic rings. The zero-order valence-corrected chi connectivity index (χ0v) is 20.4. The molecule has 35 heavy (non-hydrogen) atoms. The third kappa shape index (κ3) is 6.09. The number of aromatic nitrogens is 3. The first-order valence-electron chi connectivity index (χ1n) is 13.0. The SMILES string of the molecule is O=C(c1cc(-c2ccccn2)n[nH]1)N1CCCCN2CCCCC2CCc2cccc(c2)OCC1. The van der Waals surface area contributed by atoms with Crippen molar-refractivity contribution >= 4 is 5.91 Å². The minimum Gasteiger partial charge on any atom is -0.492 e. The number of H-pyrrole nitrogens is 1. The fourth-order valence-corrected chi connectivity index (χ4v) is 5.26. The van der Waals surface area contributed by atoms with Crippen LogP contribution in [0.25, 0.3) is 11.4 Å².